The van der Waals surface area contributed by atoms with Gasteiger partial charge in [0.25, 0.3) is 0 Å². The van der Waals surface area contributed by atoms with E-state index in [-0.39, 0.29) is 16.6 Å². The zero-order chi connectivity index (χ0) is 36.2. The van der Waals surface area contributed by atoms with E-state index in [1.54, 1.807) is 30.3 Å². The predicted molar refractivity (Wildman–Crippen MR) is 197 cm³/mol. The Morgan fingerprint density at radius 3 is 2.25 bits per heavy atom. The molecule has 0 aromatic heterocycles. The largest absolute Gasteiger partial charge is 0.393 e. The second-order valence-corrected chi connectivity index (χ2v) is 16.2. The van der Waals surface area contributed by atoms with Gasteiger partial charge in [-0.3, -0.25) is 14.5 Å². The summed E-state index contributed by atoms with van der Waals surface area (Å²) in [5.74, 6) is -2.64. The van der Waals surface area contributed by atoms with Crippen LogP contribution in [0.3, 0.4) is 0 Å². The molecule has 7 rings (SSSR count). The van der Waals surface area contributed by atoms with E-state index in [4.69, 9.17) is 23.2 Å². The highest BCUT2D eigenvalue weighted by Crippen LogP contribution is 2.63. The average molecular weight is 731 g/mol. The van der Waals surface area contributed by atoms with Gasteiger partial charge < -0.3 is 20.8 Å². The van der Waals surface area contributed by atoms with Crippen molar-refractivity contribution >= 4 is 40.7 Å². The number of amides is 2. The Morgan fingerprint density at radius 1 is 0.980 bits per heavy atom. The average Bonchev–Trinajstić information content (AvgIpc) is 3.52. The molecule has 3 aliphatic rings. The maximum atomic E-state index is 16.7. The van der Waals surface area contributed by atoms with Crippen LogP contribution in [-0.2, 0) is 15.0 Å². The molecule has 2 amide bonds. The molecule has 4 N–H and O–H groups in total. The number of aliphatic hydroxyl groups is 2. The summed E-state index contributed by atoms with van der Waals surface area (Å²) in [5, 5.41) is 29.2. The van der Waals surface area contributed by atoms with Gasteiger partial charge in [0.05, 0.1) is 29.3 Å². The van der Waals surface area contributed by atoms with Crippen molar-refractivity contribution in [3.8, 4) is 0 Å². The predicted octanol–water partition coefficient (Wildman–Crippen LogP) is 7.71. The van der Waals surface area contributed by atoms with Crippen molar-refractivity contribution in [2.45, 2.75) is 87.7 Å². The normalized spacial score (nSPS) is 27.1. The first kappa shape index (κ1) is 35.6. The van der Waals surface area contributed by atoms with Crippen LogP contribution in [0.1, 0.15) is 80.4 Å². The quantitative estimate of drug-likeness (QED) is 0.149. The zero-order valence-electron chi connectivity index (χ0n) is 28.7. The lowest BCUT2D eigenvalue weighted by Gasteiger charge is -2.44. The van der Waals surface area contributed by atoms with Gasteiger partial charge in [-0.25, -0.2) is 4.39 Å². The fourth-order valence-electron chi connectivity index (χ4n) is 8.69. The molecule has 51 heavy (non-hydrogen) atoms. The van der Waals surface area contributed by atoms with Gasteiger partial charge in [0.2, 0.25) is 11.8 Å². The molecule has 4 aromatic carbocycles. The number of hydrogen-bond acceptors (Lipinski definition) is 5. The number of fused-ring (bicyclic) bond motifs is 2. The number of aliphatic hydroxyl groups excluding tert-OH is 2. The Hall–Kier alpha value is -3.79. The highest BCUT2D eigenvalue weighted by molar-refractivity contribution is 6.31. The number of carbonyl (C=O) groups is 2. The van der Waals surface area contributed by atoms with Crippen molar-refractivity contribution in [3.63, 3.8) is 0 Å². The number of benzene rings is 4. The Balaban J connectivity index is 1.57. The zero-order valence-corrected chi connectivity index (χ0v) is 30.2. The molecule has 6 atom stereocenters. The van der Waals surface area contributed by atoms with Crippen molar-refractivity contribution in [1.29, 1.82) is 0 Å². The molecule has 7 nitrogen and oxygen atoms in total. The molecule has 0 radical (unpaired) electrons. The third kappa shape index (κ3) is 6.25. The van der Waals surface area contributed by atoms with Crippen LogP contribution in [0.4, 0.5) is 10.1 Å². The van der Waals surface area contributed by atoms with Crippen LogP contribution in [0, 0.1) is 11.2 Å². The topological polar surface area (TPSA) is 102 Å². The van der Waals surface area contributed by atoms with Crippen LogP contribution < -0.4 is 10.6 Å². The Morgan fingerprint density at radius 2 is 1.63 bits per heavy atom. The molecule has 10 heteroatoms. The molecular weight excluding hydrogens is 688 g/mol. The summed E-state index contributed by atoms with van der Waals surface area (Å²) in [6.45, 7) is 6.20. The summed E-state index contributed by atoms with van der Waals surface area (Å²) < 4.78 is 16.7. The smallest absolute Gasteiger partial charge is 0.238 e. The van der Waals surface area contributed by atoms with E-state index in [1.165, 1.54) is 6.07 Å². The van der Waals surface area contributed by atoms with Gasteiger partial charge >= 0.3 is 0 Å². The highest BCUT2D eigenvalue weighted by Gasteiger charge is 2.70. The minimum atomic E-state index is -1.54. The van der Waals surface area contributed by atoms with E-state index >= 15 is 14.0 Å². The van der Waals surface area contributed by atoms with E-state index in [2.05, 4.69) is 31.4 Å². The van der Waals surface area contributed by atoms with Crippen LogP contribution in [-0.4, -0.2) is 51.2 Å². The lowest BCUT2D eigenvalue weighted by Crippen LogP contribution is -2.55. The van der Waals surface area contributed by atoms with Gasteiger partial charge in [0, 0.05) is 28.7 Å². The van der Waals surface area contributed by atoms with E-state index in [0.717, 1.165) is 5.56 Å². The van der Waals surface area contributed by atoms with Gasteiger partial charge in [-0.15, -0.1) is 0 Å². The summed E-state index contributed by atoms with van der Waals surface area (Å²) in [4.78, 5) is 32.2. The number of halogens is 3. The van der Waals surface area contributed by atoms with Crippen LogP contribution in [0.5, 0.6) is 0 Å². The van der Waals surface area contributed by atoms with Gasteiger partial charge in [-0.2, -0.15) is 0 Å². The number of likely N-dealkylation sites (tertiary alicyclic amines) is 1. The van der Waals surface area contributed by atoms with Crippen molar-refractivity contribution in [3.05, 3.63) is 135 Å². The van der Waals surface area contributed by atoms with Crippen molar-refractivity contribution in [2.24, 2.45) is 5.41 Å². The molecule has 266 valence electrons. The molecule has 2 heterocycles. The van der Waals surface area contributed by atoms with E-state index in [1.807, 2.05) is 65.6 Å². The number of rotatable bonds is 8. The maximum absolute atomic E-state index is 16.7. The first-order chi connectivity index (χ1) is 24.3. The minimum absolute atomic E-state index is 0.122. The van der Waals surface area contributed by atoms with Crippen LogP contribution in [0.15, 0.2) is 97.1 Å². The maximum Gasteiger partial charge on any atom is 0.238 e. The van der Waals surface area contributed by atoms with E-state index in [9.17, 15) is 10.2 Å². The Bertz CT molecular complexity index is 1930. The summed E-state index contributed by atoms with van der Waals surface area (Å²) in [5.41, 5.74) is 0.599. The fourth-order valence-corrected chi connectivity index (χ4v) is 9.05. The van der Waals surface area contributed by atoms with Gasteiger partial charge in [-0.1, -0.05) is 123 Å². The monoisotopic (exact) mass is 729 g/mol. The first-order valence-electron chi connectivity index (χ1n) is 17.4. The molecule has 0 unspecified atom stereocenters. The lowest BCUT2D eigenvalue weighted by atomic mass is 9.62. The van der Waals surface area contributed by atoms with Gasteiger partial charge in [0.15, 0.2) is 0 Å². The van der Waals surface area contributed by atoms with Crippen LogP contribution in [0.2, 0.25) is 10.0 Å². The van der Waals surface area contributed by atoms with Crippen molar-refractivity contribution in [1.82, 2.24) is 10.2 Å². The Labute approximate surface area is 307 Å². The molecule has 4 aromatic rings. The molecule has 0 bridgehead atoms. The van der Waals surface area contributed by atoms with Crippen molar-refractivity contribution in [2.75, 3.05) is 5.32 Å². The first-order valence-corrected chi connectivity index (χ1v) is 18.2. The second-order valence-electron chi connectivity index (χ2n) is 15.3. The molecule has 1 saturated carbocycles. The summed E-state index contributed by atoms with van der Waals surface area (Å²) >= 11 is 13.0. The number of nitrogens with zero attached hydrogens (tertiary/aromatic N) is 1. The van der Waals surface area contributed by atoms with Gasteiger partial charge in [0.1, 0.15) is 11.2 Å². The fraction of sp³-hybridized carbons (Fsp3) is 0.366. The summed E-state index contributed by atoms with van der Waals surface area (Å²) in [6.07, 6.45) is -0.557. The van der Waals surface area contributed by atoms with Crippen LogP contribution >= 0.6 is 23.2 Å². The molecule has 1 saturated heterocycles. The second kappa shape index (κ2) is 13.6. The molecule has 2 aliphatic heterocycles. The molecular formula is C41H42Cl2FN3O4. The summed E-state index contributed by atoms with van der Waals surface area (Å²) in [6, 6.07) is 25.5. The standard InChI is InChI=1S/C41H42Cl2FN3O4/c1-40(2,3)22-32-41(29-18-17-25(42)19-31(29)46-39(41)51)33(28-15-10-16-30(43)34(28)44)36(38(50)45-26-20-27(48)21-26)47(32)35(23-11-6-4-7-12-23)37(49)24-13-8-5-9-14-24/h4-19,26-27,32-33,35-37,48-49H,20-22H2,1-3H3,(H,45,50)(H,46,51)/t26?,27?,32-,33+,35-,36-,37+,41+/m1/s1. The summed E-state index contributed by atoms with van der Waals surface area (Å²) in [7, 11) is 0. The Kier molecular flexibility index (Phi) is 9.52. The number of nitrogens with one attached hydrogen (secondary N) is 2. The van der Waals surface area contributed by atoms with Crippen molar-refractivity contribution < 1.29 is 24.2 Å². The number of hydrogen-bond donors (Lipinski definition) is 4. The SMILES string of the molecule is CC(C)(C)C[C@H]1N([C@H](c2ccccc2)[C@@H](O)c2ccccc2)[C@@H](C(=O)NC2CC(O)C2)[C@H](c2cccc(Cl)c2F)[C@@]12C(=O)Nc1cc(Cl)ccc12. The molecule has 1 aliphatic carbocycles. The third-order valence-electron chi connectivity index (χ3n) is 10.8. The van der Waals surface area contributed by atoms with Crippen LogP contribution in [0.25, 0.3) is 0 Å². The highest BCUT2D eigenvalue weighted by atomic mass is 35.5. The van der Waals surface area contributed by atoms with E-state index < -0.39 is 64.7 Å². The van der Waals surface area contributed by atoms with E-state index in [0.29, 0.717) is 41.1 Å². The number of anilines is 1. The molecule has 1 spiro atoms. The van der Waals surface area contributed by atoms with Gasteiger partial charge in [-0.05, 0) is 65.1 Å². The lowest BCUT2D eigenvalue weighted by molar-refractivity contribution is -0.131. The minimum Gasteiger partial charge on any atom is -0.393 e. The third-order valence-corrected chi connectivity index (χ3v) is 11.3. The molecule has 2 fully saturated rings. The number of carbonyl (C=O) groups excluding carboxylic acids is 2.